The van der Waals surface area contributed by atoms with E-state index in [1.54, 1.807) is 19.1 Å². The second-order valence-electron chi connectivity index (χ2n) is 11.1. The van der Waals surface area contributed by atoms with E-state index in [9.17, 15) is 19.7 Å². The molecule has 2 aliphatic heterocycles. The van der Waals surface area contributed by atoms with Crippen molar-refractivity contribution in [1.29, 1.82) is 0 Å². The molecule has 10 nitrogen and oxygen atoms in total. The molecule has 2 heterocycles. The lowest BCUT2D eigenvalue weighted by Gasteiger charge is -2.34. The van der Waals surface area contributed by atoms with Gasteiger partial charge in [-0.25, -0.2) is 9.59 Å². The maximum absolute atomic E-state index is 13.9. The lowest BCUT2D eigenvalue weighted by atomic mass is 9.81. The number of carbonyl (C=O) groups excluding carboxylic acids is 2. The number of ether oxygens (including phenoxy) is 2. The second kappa shape index (κ2) is 14.5. The highest BCUT2D eigenvalue weighted by atomic mass is 16.6. The minimum absolute atomic E-state index is 0.00746. The minimum atomic E-state index is -1.05. The average Bonchev–Trinajstić information content (AvgIpc) is 3.04. The van der Waals surface area contributed by atoms with E-state index in [-0.39, 0.29) is 29.3 Å². The molecule has 0 amide bonds. The van der Waals surface area contributed by atoms with Gasteiger partial charge >= 0.3 is 11.9 Å². The molecule has 3 aromatic carbocycles. The van der Waals surface area contributed by atoms with Crippen LogP contribution >= 0.6 is 0 Å². The zero-order valence-corrected chi connectivity index (χ0v) is 25.1. The number of dihydropyridines is 1. The molecule has 232 valence electrons. The highest BCUT2D eigenvalue weighted by Gasteiger charge is 2.40. The Labute approximate surface area is 262 Å². The van der Waals surface area contributed by atoms with Gasteiger partial charge in [-0.1, -0.05) is 78.9 Å². The summed E-state index contributed by atoms with van der Waals surface area (Å²) < 4.78 is 11.6. The molecule has 0 spiro atoms. The SMILES string of the molecule is CC1=C(C(=O)OC/C=C/c2ccccc2)C(c2cccc([N+](=O)[O-])c2)C(C(=O)OC2CCCN(Cc3ccccc3)C2)=C(N)N1. The van der Waals surface area contributed by atoms with E-state index < -0.39 is 28.9 Å². The fraction of sp³-hybridized carbons (Fsp3) is 0.257. The summed E-state index contributed by atoms with van der Waals surface area (Å²) in [4.78, 5) is 40.9. The van der Waals surface area contributed by atoms with Crippen molar-refractivity contribution in [2.75, 3.05) is 19.7 Å². The maximum atomic E-state index is 13.9. The number of piperidine rings is 1. The molecule has 0 radical (unpaired) electrons. The van der Waals surface area contributed by atoms with Crippen LogP contribution in [0, 0.1) is 10.1 Å². The first-order chi connectivity index (χ1) is 21.8. The molecule has 5 rings (SSSR count). The van der Waals surface area contributed by atoms with Gasteiger partial charge in [0.1, 0.15) is 18.5 Å². The summed E-state index contributed by atoms with van der Waals surface area (Å²) in [5, 5.41) is 14.6. The number of likely N-dealkylation sites (tertiary alicyclic amines) is 1. The first-order valence-corrected chi connectivity index (χ1v) is 14.9. The highest BCUT2D eigenvalue weighted by Crippen LogP contribution is 2.39. The number of hydrogen-bond donors (Lipinski definition) is 2. The number of benzene rings is 3. The van der Waals surface area contributed by atoms with Crippen LogP contribution in [0.4, 0.5) is 5.69 Å². The summed E-state index contributed by atoms with van der Waals surface area (Å²) in [5.74, 6) is -2.40. The van der Waals surface area contributed by atoms with Crippen molar-refractivity contribution in [2.45, 2.75) is 38.3 Å². The summed E-state index contributed by atoms with van der Waals surface area (Å²) in [5.41, 5.74) is 9.20. The van der Waals surface area contributed by atoms with Crippen molar-refractivity contribution in [3.05, 3.63) is 140 Å². The van der Waals surface area contributed by atoms with Crippen molar-refractivity contribution in [2.24, 2.45) is 5.73 Å². The Bertz CT molecular complexity index is 1630. The fourth-order valence-corrected chi connectivity index (χ4v) is 5.76. The zero-order valence-electron chi connectivity index (χ0n) is 25.1. The molecule has 1 fully saturated rings. The maximum Gasteiger partial charge on any atom is 0.338 e. The van der Waals surface area contributed by atoms with E-state index in [2.05, 4.69) is 22.3 Å². The average molecular weight is 609 g/mol. The van der Waals surface area contributed by atoms with Crippen molar-refractivity contribution in [1.82, 2.24) is 10.2 Å². The van der Waals surface area contributed by atoms with Crippen molar-refractivity contribution >= 4 is 23.7 Å². The third-order valence-electron chi connectivity index (χ3n) is 7.85. The number of hydrogen-bond acceptors (Lipinski definition) is 9. The van der Waals surface area contributed by atoms with Crippen LogP contribution < -0.4 is 11.1 Å². The van der Waals surface area contributed by atoms with Crippen molar-refractivity contribution < 1.29 is 24.0 Å². The molecule has 3 N–H and O–H groups in total. The molecule has 0 saturated carbocycles. The van der Waals surface area contributed by atoms with Gasteiger partial charge < -0.3 is 20.5 Å². The third kappa shape index (κ3) is 7.84. The Kier molecular flexibility index (Phi) is 10.1. The third-order valence-corrected chi connectivity index (χ3v) is 7.85. The number of carbonyl (C=O) groups is 2. The fourth-order valence-electron chi connectivity index (χ4n) is 5.76. The first kappa shape index (κ1) is 31.2. The molecule has 2 aliphatic rings. The summed E-state index contributed by atoms with van der Waals surface area (Å²) >= 11 is 0. The first-order valence-electron chi connectivity index (χ1n) is 14.9. The van der Waals surface area contributed by atoms with Crippen molar-refractivity contribution in [3.8, 4) is 0 Å². The number of nitrogens with one attached hydrogen (secondary N) is 1. The van der Waals surface area contributed by atoms with Gasteiger partial charge in [0.2, 0.25) is 0 Å². The van der Waals surface area contributed by atoms with Gasteiger partial charge in [-0.05, 0) is 49.1 Å². The molecule has 0 aliphatic carbocycles. The van der Waals surface area contributed by atoms with Gasteiger partial charge in [-0.3, -0.25) is 15.0 Å². The van der Waals surface area contributed by atoms with E-state index in [0.29, 0.717) is 24.2 Å². The highest BCUT2D eigenvalue weighted by molar-refractivity contribution is 6.00. The minimum Gasteiger partial charge on any atom is -0.458 e. The molecule has 2 atom stereocenters. The number of esters is 2. The Morgan fingerprint density at radius 1 is 1.02 bits per heavy atom. The quantitative estimate of drug-likeness (QED) is 0.181. The predicted octanol–water partition coefficient (Wildman–Crippen LogP) is 5.19. The lowest BCUT2D eigenvalue weighted by Crippen LogP contribution is -2.42. The zero-order chi connectivity index (χ0) is 31.8. The monoisotopic (exact) mass is 608 g/mol. The number of non-ortho nitro benzene ring substituents is 1. The number of nitro benzene ring substituents is 1. The molecule has 3 aromatic rings. The standard InChI is InChI=1S/C35H36N4O6/c1-24-30(34(40)44-20-10-15-25-11-4-2-5-12-25)31(27-16-8-17-28(21-27)39(42)43)32(33(36)37-24)35(41)45-29-18-9-19-38(23-29)22-26-13-6-3-7-14-26/h2-8,10-17,21,29,31,37H,9,18-20,22-23,36H2,1H3/b15-10+. The normalized spacial score (nSPS) is 18.9. The molecule has 2 unspecified atom stereocenters. The van der Waals surface area contributed by atoms with Gasteiger partial charge in [0.25, 0.3) is 5.69 Å². The van der Waals surface area contributed by atoms with Gasteiger partial charge in [0.05, 0.1) is 22.0 Å². The van der Waals surface area contributed by atoms with Crippen LogP contribution in [-0.2, 0) is 25.6 Å². The van der Waals surface area contributed by atoms with Gasteiger partial charge in [0, 0.05) is 30.9 Å². The predicted molar refractivity (Wildman–Crippen MR) is 170 cm³/mol. The molecule has 0 aromatic heterocycles. The largest absolute Gasteiger partial charge is 0.458 e. The van der Waals surface area contributed by atoms with Gasteiger partial charge in [-0.2, -0.15) is 0 Å². The van der Waals surface area contributed by atoms with Crippen LogP contribution in [0.1, 0.15) is 42.4 Å². The Hall–Kier alpha value is -5.22. The van der Waals surface area contributed by atoms with Crippen LogP contribution in [0.2, 0.25) is 0 Å². The summed E-state index contributed by atoms with van der Waals surface area (Å²) in [7, 11) is 0. The molecule has 10 heteroatoms. The lowest BCUT2D eigenvalue weighted by molar-refractivity contribution is -0.384. The summed E-state index contributed by atoms with van der Waals surface area (Å²) in [6, 6.07) is 25.5. The van der Waals surface area contributed by atoms with E-state index in [4.69, 9.17) is 15.2 Å². The van der Waals surface area contributed by atoms with Crippen LogP contribution in [0.15, 0.2) is 114 Å². The van der Waals surface area contributed by atoms with Crippen LogP contribution in [-0.4, -0.2) is 47.6 Å². The summed E-state index contributed by atoms with van der Waals surface area (Å²) in [6.07, 6.45) is 4.67. The molecular weight excluding hydrogens is 572 g/mol. The number of nitrogens with two attached hydrogens (primary N) is 1. The van der Waals surface area contributed by atoms with E-state index in [1.807, 2.05) is 54.6 Å². The topological polar surface area (TPSA) is 137 Å². The molecular formula is C35H36N4O6. The van der Waals surface area contributed by atoms with Gasteiger partial charge in [0.15, 0.2) is 0 Å². The Morgan fingerprint density at radius 3 is 2.49 bits per heavy atom. The van der Waals surface area contributed by atoms with E-state index >= 15 is 0 Å². The molecule has 45 heavy (non-hydrogen) atoms. The van der Waals surface area contributed by atoms with Crippen LogP contribution in [0.3, 0.4) is 0 Å². The van der Waals surface area contributed by atoms with E-state index in [0.717, 1.165) is 25.1 Å². The second-order valence-corrected chi connectivity index (χ2v) is 11.1. The Morgan fingerprint density at radius 2 is 1.76 bits per heavy atom. The summed E-state index contributed by atoms with van der Waals surface area (Å²) in [6.45, 7) is 3.78. The number of rotatable bonds is 10. The van der Waals surface area contributed by atoms with Crippen LogP contribution in [0.25, 0.3) is 6.08 Å². The number of nitro groups is 1. The Balaban J connectivity index is 1.38. The van der Waals surface area contributed by atoms with Crippen LogP contribution in [0.5, 0.6) is 0 Å². The van der Waals surface area contributed by atoms with Crippen molar-refractivity contribution in [3.63, 3.8) is 0 Å². The molecule has 1 saturated heterocycles. The number of allylic oxidation sites excluding steroid dienone is 1. The van der Waals surface area contributed by atoms with E-state index in [1.165, 1.54) is 23.8 Å². The smallest absolute Gasteiger partial charge is 0.338 e. The van der Waals surface area contributed by atoms with Gasteiger partial charge in [-0.15, -0.1) is 0 Å². The molecule has 0 bridgehead atoms. The number of nitrogens with zero attached hydrogens (tertiary/aromatic N) is 2.